The van der Waals surface area contributed by atoms with E-state index in [1.165, 1.54) is 28.3 Å². The molecular weight excluding hydrogens is 560 g/mol. The number of phenolic OH excluding ortho intramolecular Hbond substituents is 1. The molecule has 43 heavy (non-hydrogen) atoms. The lowest BCUT2D eigenvalue weighted by molar-refractivity contribution is -0.181. The van der Waals surface area contributed by atoms with Gasteiger partial charge in [0.2, 0.25) is 18.3 Å². The van der Waals surface area contributed by atoms with E-state index in [4.69, 9.17) is 33.2 Å². The van der Waals surface area contributed by atoms with Crippen LogP contribution in [0.25, 0.3) is 11.1 Å². The predicted octanol–water partition coefficient (Wildman–Crippen LogP) is 5.32. The third-order valence-corrected chi connectivity index (χ3v) is 8.24. The van der Waals surface area contributed by atoms with Gasteiger partial charge in [0.1, 0.15) is 11.7 Å². The lowest BCUT2D eigenvalue weighted by Gasteiger charge is -2.43. The molecule has 232 valence electrons. The SMILES string of the molecule is CC=C(C)C(=O)OC1c2cc3c(c(O)c2-c2c(cc(OC)c(OC)c2OC)C(OC(=O)C(C)=CC)C(C)(O)C1C)OCO3. The van der Waals surface area contributed by atoms with Crippen molar-refractivity contribution >= 4 is 11.9 Å². The summed E-state index contributed by atoms with van der Waals surface area (Å²) in [7, 11) is 4.26. The highest BCUT2D eigenvalue weighted by Gasteiger charge is 2.51. The minimum Gasteiger partial charge on any atom is -0.504 e. The van der Waals surface area contributed by atoms with Crippen LogP contribution in [0, 0.1) is 5.92 Å². The van der Waals surface area contributed by atoms with Gasteiger partial charge in [-0.2, -0.15) is 0 Å². The normalized spacial score (nSPS) is 22.9. The Labute approximate surface area is 250 Å². The maximum absolute atomic E-state index is 13.3. The van der Waals surface area contributed by atoms with Gasteiger partial charge in [0.15, 0.2) is 29.1 Å². The molecule has 2 N–H and O–H groups in total. The third kappa shape index (κ3) is 5.22. The van der Waals surface area contributed by atoms with Crippen molar-refractivity contribution in [1.82, 2.24) is 0 Å². The van der Waals surface area contributed by atoms with Crippen molar-refractivity contribution in [2.45, 2.75) is 59.4 Å². The average Bonchev–Trinajstić information content (AvgIpc) is 3.48. The first-order valence-corrected chi connectivity index (χ1v) is 13.8. The van der Waals surface area contributed by atoms with E-state index in [0.29, 0.717) is 16.7 Å². The van der Waals surface area contributed by atoms with Crippen molar-refractivity contribution in [3.63, 3.8) is 0 Å². The summed E-state index contributed by atoms with van der Waals surface area (Å²) in [5, 5.41) is 24.1. The molecule has 4 atom stereocenters. The number of esters is 2. The van der Waals surface area contributed by atoms with E-state index in [2.05, 4.69) is 0 Å². The molecule has 0 radical (unpaired) electrons. The van der Waals surface area contributed by atoms with Crippen LogP contribution >= 0.6 is 0 Å². The number of methoxy groups -OCH3 is 3. The van der Waals surface area contributed by atoms with E-state index in [0.717, 1.165) is 0 Å². The van der Waals surface area contributed by atoms with Crippen molar-refractivity contribution in [2.24, 2.45) is 5.92 Å². The number of ether oxygens (including phenoxy) is 7. The lowest BCUT2D eigenvalue weighted by atomic mass is 9.71. The molecule has 11 nitrogen and oxygen atoms in total. The smallest absolute Gasteiger partial charge is 0.334 e. The summed E-state index contributed by atoms with van der Waals surface area (Å²) < 4.78 is 40.5. The Morgan fingerprint density at radius 2 is 1.51 bits per heavy atom. The molecule has 2 aromatic rings. The van der Waals surface area contributed by atoms with Crippen LogP contribution in [0.2, 0.25) is 0 Å². The summed E-state index contributed by atoms with van der Waals surface area (Å²) in [6.07, 6.45) is 0.635. The number of phenols is 1. The molecule has 1 aliphatic heterocycles. The fraction of sp³-hybridized carbons (Fsp3) is 0.438. The zero-order valence-electron chi connectivity index (χ0n) is 25.8. The predicted molar refractivity (Wildman–Crippen MR) is 156 cm³/mol. The number of carbonyl (C=O) groups excluding carboxylic acids is 2. The second-order valence-corrected chi connectivity index (χ2v) is 10.6. The van der Waals surface area contributed by atoms with Gasteiger partial charge in [0.05, 0.1) is 21.3 Å². The summed E-state index contributed by atoms with van der Waals surface area (Å²) >= 11 is 0. The number of aliphatic hydroxyl groups is 1. The fourth-order valence-electron chi connectivity index (χ4n) is 5.29. The van der Waals surface area contributed by atoms with Crippen LogP contribution < -0.4 is 23.7 Å². The van der Waals surface area contributed by atoms with Gasteiger partial charge in [0, 0.05) is 39.3 Å². The Kier molecular flexibility index (Phi) is 8.87. The molecule has 1 aliphatic carbocycles. The monoisotopic (exact) mass is 598 g/mol. The quantitative estimate of drug-likeness (QED) is 0.316. The van der Waals surface area contributed by atoms with E-state index in [9.17, 15) is 19.8 Å². The maximum atomic E-state index is 13.3. The number of hydrogen-bond acceptors (Lipinski definition) is 11. The Morgan fingerprint density at radius 1 is 0.907 bits per heavy atom. The number of fused-ring (bicyclic) bond motifs is 4. The second kappa shape index (κ2) is 12.1. The Bertz CT molecular complexity index is 1500. The van der Waals surface area contributed by atoms with Crippen LogP contribution in [0.3, 0.4) is 0 Å². The van der Waals surface area contributed by atoms with Gasteiger partial charge < -0.3 is 43.4 Å². The minimum absolute atomic E-state index is 0.0644. The molecular formula is C32H38O11. The van der Waals surface area contributed by atoms with Gasteiger partial charge in [-0.25, -0.2) is 9.59 Å². The zero-order valence-corrected chi connectivity index (χ0v) is 25.8. The Morgan fingerprint density at radius 3 is 2.07 bits per heavy atom. The molecule has 0 fully saturated rings. The highest BCUT2D eigenvalue weighted by atomic mass is 16.7. The molecule has 0 saturated carbocycles. The topological polar surface area (TPSA) is 139 Å². The highest BCUT2D eigenvalue weighted by Crippen LogP contribution is 2.61. The summed E-state index contributed by atoms with van der Waals surface area (Å²) in [5.74, 6) is -1.79. The first-order chi connectivity index (χ1) is 20.4. The van der Waals surface area contributed by atoms with Crippen molar-refractivity contribution < 1.29 is 53.0 Å². The van der Waals surface area contributed by atoms with Gasteiger partial charge in [-0.05, 0) is 46.8 Å². The van der Waals surface area contributed by atoms with E-state index < -0.39 is 35.7 Å². The highest BCUT2D eigenvalue weighted by molar-refractivity contribution is 5.92. The molecule has 2 aromatic carbocycles. The first kappa shape index (κ1) is 31.6. The number of rotatable bonds is 7. The standard InChI is InChI=1S/C32H38O11/c1-10-15(3)30(34)42-25-17(5)32(6,36)29(43-31(35)16(4)11-2)19-13-20(37-7)27(38-8)28(39-9)23(19)22-18(25)12-21-26(24(22)33)41-14-40-21/h10-13,17,25,29,33,36H,14H2,1-9H3. The molecule has 2 aliphatic rings. The van der Waals surface area contributed by atoms with E-state index in [1.54, 1.807) is 58.9 Å². The number of aromatic hydroxyl groups is 1. The van der Waals surface area contributed by atoms with Crippen LogP contribution in [0.1, 0.15) is 64.9 Å². The van der Waals surface area contributed by atoms with Crippen molar-refractivity contribution in [2.75, 3.05) is 28.1 Å². The van der Waals surface area contributed by atoms with Crippen LogP contribution in [-0.2, 0) is 19.1 Å². The largest absolute Gasteiger partial charge is 0.504 e. The van der Waals surface area contributed by atoms with E-state index in [-0.39, 0.29) is 58.0 Å². The second-order valence-electron chi connectivity index (χ2n) is 10.6. The van der Waals surface area contributed by atoms with E-state index >= 15 is 0 Å². The molecule has 0 spiro atoms. The number of benzene rings is 2. The minimum atomic E-state index is -1.87. The average molecular weight is 599 g/mol. The fourth-order valence-corrected chi connectivity index (χ4v) is 5.29. The van der Waals surface area contributed by atoms with Gasteiger partial charge in [-0.1, -0.05) is 19.1 Å². The molecule has 0 bridgehead atoms. The molecule has 0 aromatic heterocycles. The molecule has 0 amide bonds. The molecule has 11 heteroatoms. The van der Waals surface area contributed by atoms with Crippen molar-refractivity contribution in [3.05, 3.63) is 46.6 Å². The zero-order chi connectivity index (χ0) is 31.8. The van der Waals surface area contributed by atoms with Crippen LogP contribution in [0.15, 0.2) is 35.4 Å². The Hall–Kier alpha value is -4.38. The van der Waals surface area contributed by atoms with Gasteiger partial charge in [-0.3, -0.25) is 0 Å². The molecule has 4 unspecified atom stereocenters. The van der Waals surface area contributed by atoms with Gasteiger partial charge >= 0.3 is 11.9 Å². The molecule has 4 rings (SSSR count). The van der Waals surface area contributed by atoms with E-state index in [1.807, 2.05) is 0 Å². The van der Waals surface area contributed by atoms with Gasteiger partial charge in [-0.15, -0.1) is 0 Å². The summed E-state index contributed by atoms with van der Waals surface area (Å²) in [4.78, 5) is 26.5. The maximum Gasteiger partial charge on any atom is 0.334 e. The van der Waals surface area contributed by atoms with Gasteiger partial charge in [0.25, 0.3) is 0 Å². The number of allylic oxidation sites excluding steroid dienone is 2. The lowest BCUT2D eigenvalue weighted by Crippen LogP contribution is -2.46. The number of carbonyl (C=O) groups is 2. The summed E-state index contributed by atoms with van der Waals surface area (Å²) in [5.41, 5.74) is -0.339. The summed E-state index contributed by atoms with van der Waals surface area (Å²) in [6.45, 7) is 9.59. The molecule has 0 saturated heterocycles. The third-order valence-electron chi connectivity index (χ3n) is 8.24. The van der Waals surface area contributed by atoms with Crippen molar-refractivity contribution in [1.29, 1.82) is 0 Å². The van der Waals surface area contributed by atoms with Crippen LogP contribution in [0.5, 0.6) is 34.5 Å². The van der Waals surface area contributed by atoms with Crippen LogP contribution in [-0.4, -0.2) is 55.9 Å². The summed E-state index contributed by atoms with van der Waals surface area (Å²) in [6, 6.07) is 3.16. The van der Waals surface area contributed by atoms with Crippen molar-refractivity contribution in [3.8, 4) is 45.6 Å². The molecule has 1 heterocycles. The Balaban J connectivity index is 2.21. The first-order valence-electron chi connectivity index (χ1n) is 13.8. The van der Waals surface area contributed by atoms with Crippen LogP contribution in [0.4, 0.5) is 0 Å². The number of hydrogen-bond donors (Lipinski definition) is 2.